The SMILES string of the molecule is COPN=PF. The van der Waals surface area contributed by atoms with Gasteiger partial charge in [0.2, 0.25) is 8.68 Å². The molecule has 36 valence electrons. The fraction of sp³-hybridized carbons (Fsp3) is 1.00. The molecule has 0 aliphatic carbocycles. The van der Waals surface area contributed by atoms with Gasteiger partial charge in [0.05, 0.1) is 0 Å². The molecule has 0 aliphatic heterocycles. The highest BCUT2D eigenvalue weighted by Crippen LogP contribution is 2.17. The van der Waals surface area contributed by atoms with Crippen molar-refractivity contribution in [2.75, 3.05) is 7.11 Å². The van der Waals surface area contributed by atoms with Crippen LogP contribution in [0.5, 0.6) is 0 Å². The second-order valence-corrected chi connectivity index (χ2v) is 2.01. The molecule has 0 amide bonds. The second-order valence-electron chi connectivity index (χ2n) is 0.471. The van der Waals surface area contributed by atoms with Crippen LogP contribution in [0.4, 0.5) is 4.20 Å². The average molecular weight is 127 g/mol. The summed E-state index contributed by atoms with van der Waals surface area (Å²) in [5, 5.41) is 0. The van der Waals surface area contributed by atoms with Crippen molar-refractivity contribution in [3.63, 3.8) is 0 Å². The molecule has 0 aromatic rings. The highest BCUT2D eigenvalue weighted by atomic mass is 31.1. The van der Waals surface area contributed by atoms with E-state index in [1.807, 2.05) is 0 Å². The molecule has 0 aromatic heterocycles. The molecule has 0 fully saturated rings. The summed E-state index contributed by atoms with van der Waals surface area (Å²) < 4.78 is 18.5. The van der Waals surface area contributed by atoms with E-state index in [1.165, 1.54) is 7.11 Å². The lowest BCUT2D eigenvalue weighted by molar-refractivity contribution is 0.477. The molecule has 0 aliphatic rings. The van der Waals surface area contributed by atoms with Gasteiger partial charge >= 0.3 is 0 Å². The molecule has 6 heavy (non-hydrogen) atoms. The Morgan fingerprint density at radius 1 is 2.00 bits per heavy atom. The van der Waals surface area contributed by atoms with E-state index < -0.39 is 8.68 Å². The van der Waals surface area contributed by atoms with Gasteiger partial charge in [0.25, 0.3) is 0 Å². The molecule has 1 unspecified atom stereocenters. The van der Waals surface area contributed by atoms with E-state index in [9.17, 15) is 4.20 Å². The topological polar surface area (TPSA) is 21.6 Å². The lowest BCUT2D eigenvalue weighted by atomic mass is 11.8. The number of nitrogens with zero attached hydrogens (tertiary/aromatic N) is 1. The van der Waals surface area contributed by atoms with Gasteiger partial charge in [-0.2, -0.15) is 8.71 Å². The Morgan fingerprint density at radius 3 is 2.83 bits per heavy atom. The van der Waals surface area contributed by atoms with Gasteiger partial charge in [-0.05, 0) is 0 Å². The first-order valence-corrected chi connectivity index (χ1v) is 2.80. The minimum atomic E-state index is -0.442. The van der Waals surface area contributed by atoms with Crippen LogP contribution in [-0.4, -0.2) is 7.11 Å². The van der Waals surface area contributed by atoms with Crippen molar-refractivity contribution in [2.45, 2.75) is 0 Å². The second kappa shape index (κ2) is 5.42. The monoisotopic (exact) mass is 127 g/mol. The molecule has 0 N–H and O–H groups in total. The van der Waals surface area contributed by atoms with Crippen LogP contribution in [0.15, 0.2) is 4.52 Å². The lowest BCUT2D eigenvalue weighted by Gasteiger charge is -1.78. The molecule has 0 saturated carbocycles. The predicted molar refractivity (Wildman–Crippen MR) is 25.8 cm³/mol. The molecule has 0 saturated heterocycles. The van der Waals surface area contributed by atoms with Crippen molar-refractivity contribution in [1.29, 1.82) is 0 Å². The number of hydrogen-bond acceptors (Lipinski definition) is 2. The zero-order valence-electron chi connectivity index (χ0n) is 3.18. The summed E-state index contributed by atoms with van der Waals surface area (Å²) in [5.74, 6) is 0. The van der Waals surface area contributed by atoms with E-state index >= 15 is 0 Å². The molecule has 0 bridgehead atoms. The summed E-state index contributed by atoms with van der Waals surface area (Å²) in [6.07, 6.45) is 0. The fourth-order valence-electron chi connectivity index (χ4n) is 0.0563. The number of hydrogen-bond donors (Lipinski definition) is 0. The normalized spacial score (nSPS) is 12.3. The third kappa shape index (κ3) is 4.42. The summed E-state index contributed by atoms with van der Waals surface area (Å²) in [7, 11) is 0.990. The van der Waals surface area contributed by atoms with Crippen molar-refractivity contribution in [3.05, 3.63) is 0 Å². The van der Waals surface area contributed by atoms with E-state index in [0.29, 0.717) is 0 Å². The highest BCUT2D eigenvalue weighted by Gasteiger charge is 1.66. The summed E-state index contributed by atoms with van der Waals surface area (Å²) in [6, 6.07) is 0. The largest absolute Gasteiger partial charge is 0.343 e. The summed E-state index contributed by atoms with van der Waals surface area (Å²) in [6.45, 7) is 0. The molecule has 0 radical (unpaired) electrons. The van der Waals surface area contributed by atoms with E-state index in [4.69, 9.17) is 0 Å². The highest BCUT2D eigenvalue weighted by molar-refractivity contribution is 7.39. The summed E-state index contributed by atoms with van der Waals surface area (Å²) >= 11 is 0. The van der Waals surface area contributed by atoms with E-state index in [0.717, 1.165) is 0 Å². The predicted octanol–water partition coefficient (Wildman–Crippen LogP) is 2.16. The Hall–Kier alpha value is 0.420. The van der Waals surface area contributed by atoms with Crippen LogP contribution in [0.1, 0.15) is 0 Å². The molecular weight excluding hydrogens is 123 g/mol. The van der Waals surface area contributed by atoms with Gasteiger partial charge in [-0.15, -0.1) is 0 Å². The molecular formula is CH4FNOP2. The Kier molecular flexibility index (Phi) is 5.80. The first-order valence-electron chi connectivity index (χ1n) is 1.21. The molecule has 0 aromatic carbocycles. The summed E-state index contributed by atoms with van der Waals surface area (Å²) in [4.78, 5) is 0. The lowest BCUT2D eigenvalue weighted by Crippen LogP contribution is -1.47. The van der Waals surface area contributed by atoms with Gasteiger partial charge < -0.3 is 4.52 Å². The van der Waals surface area contributed by atoms with Crippen molar-refractivity contribution in [2.24, 2.45) is 4.52 Å². The van der Waals surface area contributed by atoms with Crippen LogP contribution < -0.4 is 0 Å². The average Bonchev–Trinajstić information content (AvgIpc) is 1.61. The minimum absolute atomic E-state index is 0.0475. The Bertz CT molecular complexity index is 48.8. The third-order valence-electron chi connectivity index (χ3n) is 0.170. The first kappa shape index (κ1) is 6.42. The Morgan fingerprint density at radius 2 is 2.67 bits per heavy atom. The molecule has 1 atom stereocenters. The van der Waals surface area contributed by atoms with Crippen LogP contribution >= 0.6 is 17.6 Å². The van der Waals surface area contributed by atoms with Crippen LogP contribution in [0.25, 0.3) is 0 Å². The van der Waals surface area contributed by atoms with Gasteiger partial charge in [-0.25, -0.2) is 0 Å². The van der Waals surface area contributed by atoms with Crippen LogP contribution in [0, 0.1) is 0 Å². The zero-order chi connectivity index (χ0) is 4.83. The maximum atomic E-state index is 10.9. The van der Waals surface area contributed by atoms with Gasteiger partial charge in [0, 0.05) is 7.11 Å². The van der Waals surface area contributed by atoms with Gasteiger partial charge in [-0.3, -0.25) is 0 Å². The first-order chi connectivity index (χ1) is 2.91. The van der Waals surface area contributed by atoms with Crippen molar-refractivity contribution < 1.29 is 8.72 Å². The van der Waals surface area contributed by atoms with Crippen LogP contribution in [0.2, 0.25) is 0 Å². The zero-order valence-corrected chi connectivity index (χ0v) is 5.08. The van der Waals surface area contributed by atoms with Crippen LogP contribution in [-0.2, 0) is 4.52 Å². The van der Waals surface area contributed by atoms with Crippen LogP contribution in [0.3, 0.4) is 0 Å². The van der Waals surface area contributed by atoms with E-state index in [-0.39, 0.29) is 8.96 Å². The standard InChI is InChI=1S/CH4FNOP2/c1-4-6-3-5-2/h6H,1H3. The fourth-order valence-corrected chi connectivity index (χ4v) is 0.506. The van der Waals surface area contributed by atoms with Gasteiger partial charge in [0.15, 0.2) is 0 Å². The smallest absolute Gasteiger partial charge is 0.230 e. The molecule has 2 nitrogen and oxygen atoms in total. The Balaban J connectivity index is 2.66. The number of rotatable bonds is 2. The van der Waals surface area contributed by atoms with Gasteiger partial charge in [-0.1, -0.05) is 0 Å². The van der Waals surface area contributed by atoms with Crippen molar-refractivity contribution >= 4 is 17.6 Å². The third-order valence-corrected chi connectivity index (χ3v) is 0.981. The van der Waals surface area contributed by atoms with E-state index in [1.54, 1.807) is 0 Å². The number of halogens is 1. The van der Waals surface area contributed by atoms with Crippen molar-refractivity contribution in [3.8, 4) is 0 Å². The van der Waals surface area contributed by atoms with E-state index in [2.05, 4.69) is 9.04 Å². The minimum Gasteiger partial charge on any atom is -0.343 e. The maximum absolute atomic E-state index is 10.9. The summed E-state index contributed by atoms with van der Waals surface area (Å²) in [5.41, 5.74) is 0. The molecule has 0 rings (SSSR count). The maximum Gasteiger partial charge on any atom is 0.230 e. The molecule has 0 spiro atoms. The quantitative estimate of drug-likeness (QED) is 0.520. The van der Waals surface area contributed by atoms with Gasteiger partial charge in [0.1, 0.15) is 8.96 Å². The molecule has 0 heterocycles. The van der Waals surface area contributed by atoms with Crippen molar-refractivity contribution in [1.82, 2.24) is 0 Å². The molecule has 5 heteroatoms. The Labute approximate surface area is 39.0 Å².